The normalized spacial score (nSPS) is 23.3. The Morgan fingerprint density at radius 1 is 0.791 bits per heavy atom. The summed E-state index contributed by atoms with van der Waals surface area (Å²) in [5.74, 6) is -4.23. The molecule has 13 nitrogen and oxygen atoms in total. The van der Waals surface area contributed by atoms with Gasteiger partial charge in [0.15, 0.2) is 17.9 Å². The van der Waals surface area contributed by atoms with Crippen LogP contribution in [0.15, 0.2) is 76.4 Å². The van der Waals surface area contributed by atoms with Crippen LogP contribution in [-0.2, 0) is 25.5 Å². The van der Waals surface area contributed by atoms with Crippen LogP contribution in [0, 0.1) is 0 Å². The molecule has 1 fully saturated rings. The highest BCUT2D eigenvalue weighted by Gasteiger charge is 2.50. The number of ether oxygens (including phenoxy) is 3. The lowest BCUT2D eigenvalue weighted by molar-refractivity contribution is -0.249. The Labute approximate surface area is 395 Å². The second-order valence-corrected chi connectivity index (χ2v) is 18.8. The minimum Gasteiger partial charge on any atom is -0.507 e. The molecule has 364 valence electrons. The standard InChI is InChI=1S/C54H71NO12/c1-31(2)15-11-18-34(5)21-12-19-32(3)16-9-10-17-33(4)20-13-22-35(6)25-26-43(58)55-39-27-44(66-36(7)49(39)59)67-41-29-54(64,42(57)30-56)28-38-46(41)53(63)48-47(51(38)61)50(60)37-23-14-24-40(65-8)45(37)52(48)62/h14-17,21-24,36,39,41,44,49,56,59,61,63-64H,9-13,18-20,25-30H2,1-8H3,(H,55,58)/b32-16-,33-17+,34-21+,35-22+/t36?,39?,41?,44?,49?,54-/m0/s1. The zero-order valence-electron chi connectivity index (χ0n) is 40.5. The monoisotopic (exact) mass is 925 g/mol. The number of carbonyl (C=O) groups is 4. The topological polar surface area (TPSA) is 209 Å². The Kier molecular flexibility index (Phi) is 18.7. The highest BCUT2D eigenvalue weighted by atomic mass is 16.7. The number of aliphatic hydroxyl groups excluding tert-OH is 2. The van der Waals surface area contributed by atoms with Gasteiger partial charge in [-0.1, -0.05) is 70.4 Å². The smallest absolute Gasteiger partial charge is 0.220 e. The van der Waals surface area contributed by atoms with Crippen molar-refractivity contribution in [3.63, 3.8) is 0 Å². The van der Waals surface area contributed by atoms with Crippen molar-refractivity contribution in [1.29, 1.82) is 0 Å². The van der Waals surface area contributed by atoms with Crippen LogP contribution in [0.2, 0.25) is 0 Å². The average molecular weight is 926 g/mol. The highest BCUT2D eigenvalue weighted by Crippen LogP contribution is 2.52. The third kappa shape index (κ3) is 13.1. The number of hydrogen-bond donors (Lipinski definition) is 6. The van der Waals surface area contributed by atoms with Gasteiger partial charge in [-0.3, -0.25) is 19.2 Å². The number of carbonyl (C=O) groups excluding carboxylic acids is 4. The number of amides is 1. The Bertz CT molecular complexity index is 2330. The van der Waals surface area contributed by atoms with E-state index < -0.39 is 95.7 Å². The molecule has 67 heavy (non-hydrogen) atoms. The number of rotatable bonds is 21. The second-order valence-electron chi connectivity index (χ2n) is 18.8. The summed E-state index contributed by atoms with van der Waals surface area (Å²) in [7, 11) is 1.32. The van der Waals surface area contributed by atoms with Gasteiger partial charge in [-0.05, 0) is 112 Å². The molecule has 6 N–H and O–H groups in total. The predicted octanol–water partition coefficient (Wildman–Crippen LogP) is 8.81. The van der Waals surface area contributed by atoms with E-state index in [4.69, 9.17) is 14.2 Å². The molecule has 3 aliphatic rings. The molecule has 2 aliphatic carbocycles. The minimum absolute atomic E-state index is 0.0712. The summed E-state index contributed by atoms with van der Waals surface area (Å²) < 4.78 is 17.7. The molecule has 1 saturated heterocycles. The van der Waals surface area contributed by atoms with Crippen molar-refractivity contribution in [3.05, 3.63) is 110 Å². The van der Waals surface area contributed by atoms with Crippen molar-refractivity contribution < 1.29 is 58.9 Å². The van der Waals surface area contributed by atoms with Gasteiger partial charge in [0.2, 0.25) is 11.7 Å². The fourth-order valence-corrected chi connectivity index (χ4v) is 9.20. The van der Waals surface area contributed by atoms with Crippen molar-refractivity contribution in [2.24, 2.45) is 0 Å². The third-order valence-corrected chi connectivity index (χ3v) is 13.2. The molecule has 5 rings (SSSR count). The quantitative estimate of drug-likeness (QED) is 0.0337. The van der Waals surface area contributed by atoms with Crippen LogP contribution in [0.1, 0.15) is 175 Å². The van der Waals surface area contributed by atoms with Gasteiger partial charge in [0.25, 0.3) is 0 Å². The Morgan fingerprint density at radius 3 is 1.94 bits per heavy atom. The summed E-state index contributed by atoms with van der Waals surface area (Å²) in [4.78, 5) is 54.1. The van der Waals surface area contributed by atoms with Crippen molar-refractivity contribution in [3.8, 4) is 17.2 Å². The van der Waals surface area contributed by atoms with Gasteiger partial charge in [0, 0.05) is 42.4 Å². The molecule has 0 bridgehead atoms. The van der Waals surface area contributed by atoms with Crippen LogP contribution < -0.4 is 10.1 Å². The number of phenols is 2. The first kappa shape index (κ1) is 52.8. The number of Topliss-reactive ketones (excluding diaryl/α,β-unsaturated/α-hetero) is 1. The van der Waals surface area contributed by atoms with Gasteiger partial charge in [0.05, 0.1) is 42.0 Å². The van der Waals surface area contributed by atoms with Crippen molar-refractivity contribution in [2.45, 2.75) is 168 Å². The maximum absolute atomic E-state index is 14.0. The van der Waals surface area contributed by atoms with Gasteiger partial charge < -0.3 is 45.1 Å². The number of phenolic OH excluding ortho intramolecular Hbond substituents is 2. The van der Waals surface area contributed by atoms with Crippen molar-refractivity contribution >= 4 is 23.3 Å². The van der Waals surface area contributed by atoms with Gasteiger partial charge >= 0.3 is 0 Å². The summed E-state index contributed by atoms with van der Waals surface area (Å²) in [6.07, 6.45) is 14.4. The largest absolute Gasteiger partial charge is 0.507 e. The first-order valence-electron chi connectivity index (χ1n) is 23.6. The lowest BCUT2D eigenvalue weighted by Gasteiger charge is -2.43. The van der Waals surface area contributed by atoms with E-state index in [9.17, 15) is 44.7 Å². The summed E-state index contributed by atoms with van der Waals surface area (Å²) in [5.41, 5.74) is 2.76. The number of methoxy groups -OCH3 is 1. The fraction of sp³-hybridized carbons (Fsp3) is 0.519. The lowest BCUT2D eigenvalue weighted by Crippen LogP contribution is -2.55. The number of allylic oxidation sites excluding steroid dienone is 10. The van der Waals surface area contributed by atoms with E-state index in [1.165, 1.54) is 47.6 Å². The Morgan fingerprint density at radius 2 is 1.36 bits per heavy atom. The third-order valence-electron chi connectivity index (χ3n) is 13.2. The lowest BCUT2D eigenvalue weighted by atomic mass is 9.72. The molecule has 1 amide bonds. The van der Waals surface area contributed by atoms with E-state index in [1.54, 1.807) is 6.92 Å². The molecular formula is C54H71NO12. The summed E-state index contributed by atoms with van der Waals surface area (Å²) in [6, 6.07) is 3.53. The number of aromatic hydroxyl groups is 2. The van der Waals surface area contributed by atoms with Crippen LogP contribution in [0.25, 0.3) is 0 Å². The molecule has 0 radical (unpaired) electrons. The van der Waals surface area contributed by atoms with Crippen LogP contribution in [0.4, 0.5) is 0 Å². The van der Waals surface area contributed by atoms with Crippen LogP contribution >= 0.6 is 0 Å². The van der Waals surface area contributed by atoms with Gasteiger partial charge in [-0.15, -0.1) is 0 Å². The molecule has 5 unspecified atom stereocenters. The summed E-state index contributed by atoms with van der Waals surface area (Å²) in [6.45, 7) is 13.4. The van der Waals surface area contributed by atoms with E-state index >= 15 is 0 Å². The van der Waals surface area contributed by atoms with E-state index in [0.29, 0.717) is 6.42 Å². The molecule has 0 aromatic heterocycles. The molecule has 1 aliphatic heterocycles. The van der Waals surface area contributed by atoms with E-state index in [1.807, 2.05) is 6.92 Å². The fourth-order valence-electron chi connectivity index (χ4n) is 9.20. The molecule has 6 atom stereocenters. The molecule has 13 heteroatoms. The highest BCUT2D eigenvalue weighted by molar-refractivity contribution is 6.31. The minimum atomic E-state index is -2.32. The first-order valence-corrected chi connectivity index (χ1v) is 23.6. The van der Waals surface area contributed by atoms with Crippen LogP contribution in [-0.4, -0.2) is 92.6 Å². The number of ketones is 3. The van der Waals surface area contributed by atoms with Gasteiger partial charge in [0.1, 0.15) is 35.6 Å². The summed E-state index contributed by atoms with van der Waals surface area (Å²) >= 11 is 0. The van der Waals surface area contributed by atoms with Crippen LogP contribution in [0.3, 0.4) is 0 Å². The van der Waals surface area contributed by atoms with Gasteiger partial charge in [-0.25, -0.2) is 0 Å². The van der Waals surface area contributed by atoms with E-state index in [0.717, 1.165) is 56.9 Å². The Hall–Kier alpha value is -5.18. The van der Waals surface area contributed by atoms with Crippen molar-refractivity contribution in [2.75, 3.05) is 13.7 Å². The molecule has 2 aromatic rings. The molecule has 0 saturated carbocycles. The number of aliphatic hydroxyl groups is 3. The SMILES string of the molecule is COc1cccc2c1C(=O)c1c(O)c3c(c(O)c1C2=O)C[C@@](O)(C(=O)CO)CC3OC1CC(NC(=O)CC/C(C)=C/CC/C(C)=C/CC/C=C(/C)CC/C=C(\C)CCC=C(C)C)C(O)C(C)O1. The molecule has 1 heterocycles. The van der Waals surface area contributed by atoms with E-state index in [-0.39, 0.29) is 46.8 Å². The Balaban J connectivity index is 1.18. The molecule has 2 aromatic carbocycles. The van der Waals surface area contributed by atoms with Crippen LogP contribution in [0.5, 0.6) is 17.2 Å². The molecular weight excluding hydrogens is 855 g/mol. The number of benzene rings is 2. The average Bonchev–Trinajstić information content (AvgIpc) is 3.28. The van der Waals surface area contributed by atoms with Gasteiger partial charge in [-0.2, -0.15) is 0 Å². The summed E-state index contributed by atoms with van der Waals surface area (Å²) in [5, 5.41) is 58.9. The maximum atomic E-state index is 14.0. The number of hydrogen-bond acceptors (Lipinski definition) is 12. The number of nitrogens with one attached hydrogen (secondary N) is 1. The maximum Gasteiger partial charge on any atom is 0.220 e. The van der Waals surface area contributed by atoms with Crippen molar-refractivity contribution in [1.82, 2.24) is 5.32 Å². The predicted molar refractivity (Wildman–Crippen MR) is 256 cm³/mol. The first-order chi connectivity index (χ1) is 31.8. The molecule has 0 spiro atoms. The zero-order valence-corrected chi connectivity index (χ0v) is 40.5. The second kappa shape index (κ2) is 23.7. The number of fused-ring (bicyclic) bond motifs is 3. The van der Waals surface area contributed by atoms with E-state index in [2.05, 4.69) is 70.3 Å². The number of unbranched alkanes of at least 4 members (excludes halogenated alkanes) is 1. The zero-order chi connectivity index (χ0) is 49.2.